The number of carbonyl (C=O) groups excluding carboxylic acids is 1. The van der Waals surface area contributed by atoms with Crippen LogP contribution in [0.3, 0.4) is 0 Å². The van der Waals surface area contributed by atoms with Gasteiger partial charge in [0, 0.05) is 19.5 Å². The van der Waals surface area contributed by atoms with Crippen LogP contribution in [-0.4, -0.2) is 41.7 Å². The van der Waals surface area contributed by atoms with E-state index in [1.54, 1.807) is 4.90 Å². The molecule has 1 aliphatic heterocycles. The minimum Gasteiger partial charge on any atom is -0.391 e. The highest BCUT2D eigenvalue weighted by atomic mass is 16.3. The Bertz CT molecular complexity index is 241. The third-order valence-corrected chi connectivity index (χ3v) is 3.35. The van der Waals surface area contributed by atoms with Gasteiger partial charge in [-0.15, -0.1) is 0 Å². The molecule has 16 heavy (non-hydrogen) atoms. The monoisotopic (exact) mass is 228 g/mol. The summed E-state index contributed by atoms with van der Waals surface area (Å²) in [7, 11) is 0. The maximum atomic E-state index is 11.8. The molecule has 0 saturated carbocycles. The fraction of sp³-hybridized carbons (Fsp3) is 0.917. The lowest BCUT2D eigenvalue weighted by Gasteiger charge is -2.25. The summed E-state index contributed by atoms with van der Waals surface area (Å²) in [5.74, 6) is 0.168. The number of carbonyl (C=O) groups is 1. The molecule has 1 fully saturated rings. The third-order valence-electron chi connectivity index (χ3n) is 3.35. The van der Waals surface area contributed by atoms with Crippen LogP contribution in [0.15, 0.2) is 0 Å². The van der Waals surface area contributed by atoms with Crippen LogP contribution in [0.25, 0.3) is 0 Å². The van der Waals surface area contributed by atoms with Crippen molar-refractivity contribution in [2.24, 2.45) is 11.1 Å². The van der Waals surface area contributed by atoms with Gasteiger partial charge in [-0.2, -0.15) is 0 Å². The Morgan fingerprint density at radius 3 is 2.69 bits per heavy atom. The number of aliphatic hydroxyl groups excluding tert-OH is 1. The molecule has 0 aromatic rings. The van der Waals surface area contributed by atoms with Crippen LogP contribution in [-0.2, 0) is 4.79 Å². The molecule has 3 N–H and O–H groups in total. The molecule has 0 spiro atoms. The van der Waals surface area contributed by atoms with Gasteiger partial charge in [-0.05, 0) is 31.2 Å². The number of hydrogen-bond acceptors (Lipinski definition) is 3. The summed E-state index contributed by atoms with van der Waals surface area (Å²) in [5.41, 5.74) is 5.67. The number of nitrogens with two attached hydrogens (primary N) is 1. The molecular formula is C12H24N2O2. The van der Waals surface area contributed by atoms with E-state index in [0.717, 1.165) is 19.3 Å². The van der Waals surface area contributed by atoms with E-state index in [4.69, 9.17) is 5.73 Å². The number of aliphatic hydroxyl groups is 1. The normalized spacial score (nSPS) is 21.5. The molecular weight excluding hydrogens is 204 g/mol. The van der Waals surface area contributed by atoms with Gasteiger partial charge >= 0.3 is 0 Å². The minimum atomic E-state index is -0.319. The Balaban J connectivity index is 2.29. The van der Waals surface area contributed by atoms with Crippen molar-refractivity contribution in [1.82, 2.24) is 4.90 Å². The Kier molecular flexibility index (Phi) is 4.74. The maximum absolute atomic E-state index is 11.8. The van der Waals surface area contributed by atoms with E-state index >= 15 is 0 Å². The molecule has 4 heteroatoms. The average Bonchev–Trinajstić information content (AvgIpc) is 2.61. The zero-order chi connectivity index (χ0) is 12.2. The minimum absolute atomic E-state index is 0.142. The zero-order valence-electron chi connectivity index (χ0n) is 10.4. The molecule has 1 aliphatic rings. The largest absolute Gasteiger partial charge is 0.391 e. The quantitative estimate of drug-likeness (QED) is 0.729. The number of rotatable bonds is 5. The van der Waals surface area contributed by atoms with Gasteiger partial charge in [0.15, 0.2) is 0 Å². The molecule has 0 aromatic heterocycles. The van der Waals surface area contributed by atoms with Crippen molar-refractivity contribution >= 4 is 5.91 Å². The number of amides is 1. The zero-order valence-corrected chi connectivity index (χ0v) is 10.4. The summed E-state index contributed by atoms with van der Waals surface area (Å²) in [5, 5.41) is 9.35. The van der Waals surface area contributed by atoms with Crippen LogP contribution < -0.4 is 5.73 Å². The number of β-amino-alcohol motifs (C(OH)–C–C–N with tert-alkyl or cyclic N) is 1. The van der Waals surface area contributed by atoms with E-state index in [0.29, 0.717) is 26.1 Å². The first-order valence-corrected chi connectivity index (χ1v) is 6.10. The second-order valence-corrected chi connectivity index (χ2v) is 5.49. The summed E-state index contributed by atoms with van der Waals surface area (Å²) in [6.07, 6.45) is 2.79. The summed E-state index contributed by atoms with van der Waals surface area (Å²) < 4.78 is 0. The first-order chi connectivity index (χ1) is 7.44. The summed E-state index contributed by atoms with van der Waals surface area (Å²) in [4.78, 5) is 13.6. The third kappa shape index (κ3) is 4.10. The molecule has 0 radical (unpaired) electrons. The Morgan fingerprint density at radius 2 is 2.19 bits per heavy atom. The van der Waals surface area contributed by atoms with Gasteiger partial charge in [0.25, 0.3) is 0 Å². The lowest BCUT2D eigenvalue weighted by molar-refractivity contribution is -0.131. The molecule has 4 nitrogen and oxygen atoms in total. The maximum Gasteiger partial charge on any atom is 0.222 e. The molecule has 0 aliphatic carbocycles. The van der Waals surface area contributed by atoms with Crippen molar-refractivity contribution in [1.29, 1.82) is 0 Å². The lowest BCUT2D eigenvalue weighted by atomic mass is 9.84. The van der Waals surface area contributed by atoms with E-state index in [9.17, 15) is 9.90 Å². The Hall–Kier alpha value is -0.610. The van der Waals surface area contributed by atoms with Gasteiger partial charge in [-0.3, -0.25) is 4.79 Å². The van der Waals surface area contributed by atoms with E-state index in [-0.39, 0.29) is 17.4 Å². The highest BCUT2D eigenvalue weighted by molar-refractivity contribution is 5.76. The van der Waals surface area contributed by atoms with Gasteiger partial charge < -0.3 is 15.7 Å². The van der Waals surface area contributed by atoms with Gasteiger partial charge in [0.2, 0.25) is 5.91 Å². The van der Waals surface area contributed by atoms with Gasteiger partial charge in [0.1, 0.15) is 0 Å². The molecule has 0 aromatic carbocycles. The van der Waals surface area contributed by atoms with E-state index < -0.39 is 0 Å². The molecule has 1 amide bonds. The SMILES string of the molecule is CC(C)(CCN)CCC(=O)N1CCC(O)C1. The second-order valence-electron chi connectivity index (χ2n) is 5.49. The van der Waals surface area contributed by atoms with E-state index in [1.807, 2.05) is 0 Å². The topological polar surface area (TPSA) is 66.6 Å². The molecule has 1 rings (SSSR count). The number of hydrogen-bond donors (Lipinski definition) is 2. The Labute approximate surface area is 97.8 Å². The van der Waals surface area contributed by atoms with Crippen LogP contribution in [0, 0.1) is 5.41 Å². The van der Waals surface area contributed by atoms with Gasteiger partial charge in [-0.1, -0.05) is 13.8 Å². The number of likely N-dealkylation sites (tertiary alicyclic amines) is 1. The molecule has 94 valence electrons. The van der Waals surface area contributed by atoms with Crippen LogP contribution >= 0.6 is 0 Å². The molecule has 1 atom stereocenters. The molecule has 0 bridgehead atoms. The highest BCUT2D eigenvalue weighted by Gasteiger charge is 2.26. The first-order valence-electron chi connectivity index (χ1n) is 6.10. The standard InChI is InChI=1S/C12H24N2O2/c1-12(2,6-7-13)5-3-11(16)14-8-4-10(15)9-14/h10,15H,3-9,13H2,1-2H3. The van der Waals surface area contributed by atoms with E-state index in [2.05, 4.69) is 13.8 Å². The van der Waals surface area contributed by atoms with Crippen molar-refractivity contribution < 1.29 is 9.90 Å². The molecule has 1 saturated heterocycles. The predicted octanol–water partition coefficient (Wildman–Crippen LogP) is 0.735. The van der Waals surface area contributed by atoms with Crippen molar-refractivity contribution in [2.45, 2.75) is 45.6 Å². The predicted molar refractivity (Wildman–Crippen MR) is 63.9 cm³/mol. The van der Waals surface area contributed by atoms with Crippen molar-refractivity contribution in [3.8, 4) is 0 Å². The first kappa shape index (κ1) is 13.5. The molecule has 1 heterocycles. The second kappa shape index (κ2) is 5.64. The van der Waals surface area contributed by atoms with E-state index in [1.165, 1.54) is 0 Å². The van der Waals surface area contributed by atoms with Crippen LogP contribution in [0.5, 0.6) is 0 Å². The van der Waals surface area contributed by atoms with Gasteiger partial charge in [-0.25, -0.2) is 0 Å². The summed E-state index contributed by atoms with van der Waals surface area (Å²) >= 11 is 0. The summed E-state index contributed by atoms with van der Waals surface area (Å²) in [6.45, 7) is 6.18. The van der Waals surface area contributed by atoms with Crippen molar-refractivity contribution in [2.75, 3.05) is 19.6 Å². The van der Waals surface area contributed by atoms with Crippen molar-refractivity contribution in [3.63, 3.8) is 0 Å². The summed E-state index contributed by atoms with van der Waals surface area (Å²) in [6, 6.07) is 0. The Morgan fingerprint density at radius 1 is 1.50 bits per heavy atom. The van der Waals surface area contributed by atoms with Crippen LogP contribution in [0.1, 0.15) is 39.5 Å². The lowest BCUT2D eigenvalue weighted by Crippen LogP contribution is -2.30. The number of nitrogens with zero attached hydrogens (tertiary/aromatic N) is 1. The van der Waals surface area contributed by atoms with Crippen LogP contribution in [0.4, 0.5) is 0 Å². The van der Waals surface area contributed by atoms with Crippen LogP contribution in [0.2, 0.25) is 0 Å². The van der Waals surface area contributed by atoms with Gasteiger partial charge in [0.05, 0.1) is 6.10 Å². The highest BCUT2D eigenvalue weighted by Crippen LogP contribution is 2.26. The van der Waals surface area contributed by atoms with Crippen molar-refractivity contribution in [3.05, 3.63) is 0 Å². The average molecular weight is 228 g/mol. The fourth-order valence-corrected chi connectivity index (χ4v) is 2.09. The fourth-order valence-electron chi connectivity index (χ4n) is 2.09. The molecule has 1 unspecified atom stereocenters. The smallest absolute Gasteiger partial charge is 0.222 e.